The lowest BCUT2D eigenvalue weighted by Crippen LogP contribution is -2.45. The molecule has 0 heterocycles. The van der Waals surface area contributed by atoms with Gasteiger partial charge in [0.05, 0.1) is 10.6 Å². The lowest BCUT2D eigenvalue weighted by atomic mass is 10.1. The van der Waals surface area contributed by atoms with Gasteiger partial charge in [-0.25, -0.2) is 8.42 Å². The molecular weight excluding hydrogens is 473 g/mol. The first-order chi connectivity index (χ1) is 12.5. The SMILES string of the molecule is CCC(CS(=O)(=O)c1ccccc1)NC(=NC)NCc1ccccc1C.I. The van der Waals surface area contributed by atoms with Crippen LogP contribution in [0.5, 0.6) is 0 Å². The summed E-state index contributed by atoms with van der Waals surface area (Å²) in [6, 6.07) is 16.5. The molecule has 0 aromatic heterocycles. The van der Waals surface area contributed by atoms with Crippen LogP contribution in [-0.4, -0.2) is 33.2 Å². The Hall–Kier alpha value is -1.61. The van der Waals surface area contributed by atoms with E-state index in [1.165, 1.54) is 11.1 Å². The number of nitrogens with one attached hydrogen (secondary N) is 2. The Kier molecular flexibility index (Phi) is 9.79. The minimum atomic E-state index is -3.34. The molecule has 2 aromatic carbocycles. The summed E-state index contributed by atoms with van der Waals surface area (Å²) < 4.78 is 25.2. The lowest BCUT2D eigenvalue weighted by Gasteiger charge is -2.20. The van der Waals surface area contributed by atoms with Gasteiger partial charge in [-0.05, 0) is 36.6 Å². The number of aryl methyl sites for hydroxylation is 1. The summed E-state index contributed by atoms with van der Waals surface area (Å²) in [6.07, 6.45) is 0.678. The number of hydrogen-bond donors (Lipinski definition) is 2. The summed E-state index contributed by atoms with van der Waals surface area (Å²) in [6.45, 7) is 4.66. The van der Waals surface area contributed by atoms with Gasteiger partial charge in [0.2, 0.25) is 0 Å². The second kappa shape index (κ2) is 11.3. The molecule has 0 spiro atoms. The van der Waals surface area contributed by atoms with Gasteiger partial charge in [-0.2, -0.15) is 0 Å². The van der Waals surface area contributed by atoms with E-state index < -0.39 is 9.84 Å². The van der Waals surface area contributed by atoms with Crippen molar-refractivity contribution in [3.63, 3.8) is 0 Å². The summed E-state index contributed by atoms with van der Waals surface area (Å²) in [4.78, 5) is 4.57. The Labute approximate surface area is 179 Å². The Balaban J connectivity index is 0.00000364. The topological polar surface area (TPSA) is 70.6 Å². The number of nitrogens with zero attached hydrogens (tertiary/aromatic N) is 1. The first-order valence-electron chi connectivity index (χ1n) is 8.75. The van der Waals surface area contributed by atoms with E-state index >= 15 is 0 Å². The number of hydrogen-bond acceptors (Lipinski definition) is 3. The van der Waals surface area contributed by atoms with Crippen LogP contribution < -0.4 is 10.6 Å². The normalized spacial score (nSPS) is 12.8. The Morgan fingerprint density at radius 2 is 1.70 bits per heavy atom. The summed E-state index contributed by atoms with van der Waals surface area (Å²) >= 11 is 0. The third-order valence-corrected chi connectivity index (χ3v) is 6.12. The van der Waals surface area contributed by atoms with Crippen molar-refractivity contribution in [2.75, 3.05) is 12.8 Å². The molecule has 148 valence electrons. The molecule has 0 saturated heterocycles. The van der Waals surface area contributed by atoms with E-state index in [-0.39, 0.29) is 35.8 Å². The van der Waals surface area contributed by atoms with Crippen molar-refractivity contribution < 1.29 is 8.42 Å². The number of halogens is 1. The highest BCUT2D eigenvalue weighted by Crippen LogP contribution is 2.12. The highest BCUT2D eigenvalue weighted by Gasteiger charge is 2.20. The standard InChI is InChI=1S/C20H27N3O2S.HI/c1-4-18(15-26(24,25)19-12-6-5-7-13-19)23-20(21-3)22-14-17-11-9-8-10-16(17)2;/h5-13,18H,4,14-15H2,1-3H3,(H2,21,22,23);1H. The zero-order valence-corrected chi connectivity index (χ0v) is 19.1. The predicted molar refractivity (Wildman–Crippen MR) is 123 cm³/mol. The smallest absolute Gasteiger partial charge is 0.191 e. The quantitative estimate of drug-likeness (QED) is 0.346. The maximum Gasteiger partial charge on any atom is 0.191 e. The highest BCUT2D eigenvalue weighted by atomic mass is 127. The van der Waals surface area contributed by atoms with E-state index in [0.717, 1.165) is 0 Å². The van der Waals surface area contributed by atoms with Crippen LogP contribution >= 0.6 is 24.0 Å². The molecule has 5 nitrogen and oxygen atoms in total. The Morgan fingerprint density at radius 1 is 1.07 bits per heavy atom. The molecule has 2 aromatic rings. The highest BCUT2D eigenvalue weighted by molar-refractivity contribution is 14.0. The molecule has 0 aliphatic carbocycles. The van der Waals surface area contributed by atoms with Crippen molar-refractivity contribution >= 4 is 39.8 Å². The molecule has 2 N–H and O–H groups in total. The van der Waals surface area contributed by atoms with Crippen molar-refractivity contribution in [2.24, 2.45) is 4.99 Å². The number of benzene rings is 2. The van der Waals surface area contributed by atoms with E-state index in [4.69, 9.17) is 0 Å². The molecule has 2 rings (SSSR count). The van der Waals surface area contributed by atoms with E-state index in [0.29, 0.717) is 23.8 Å². The minimum Gasteiger partial charge on any atom is -0.353 e. The summed E-state index contributed by atoms with van der Waals surface area (Å²) in [7, 11) is -1.66. The van der Waals surface area contributed by atoms with Crippen molar-refractivity contribution in [2.45, 2.75) is 37.8 Å². The molecule has 0 aliphatic heterocycles. The lowest BCUT2D eigenvalue weighted by molar-refractivity contribution is 0.568. The van der Waals surface area contributed by atoms with Crippen LogP contribution in [-0.2, 0) is 16.4 Å². The number of aliphatic imine (C=N–C) groups is 1. The van der Waals surface area contributed by atoms with Crippen molar-refractivity contribution in [3.05, 3.63) is 65.7 Å². The fourth-order valence-corrected chi connectivity index (χ4v) is 4.24. The number of rotatable bonds is 7. The van der Waals surface area contributed by atoms with Crippen molar-refractivity contribution in [1.82, 2.24) is 10.6 Å². The fraction of sp³-hybridized carbons (Fsp3) is 0.350. The molecule has 0 radical (unpaired) electrons. The number of guanidine groups is 1. The van der Waals surface area contributed by atoms with E-state index in [2.05, 4.69) is 34.7 Å². The van der Waals surface area contributed by atoms with Crippen molar-refractivity contribution in [1.29, 1.82) is 0 Å². The van der Waals surface area contributed by atoms with Crippen LogP contribution in [0.1, 0.15) is 24.5 Å². The van der Waals surface area contributed by atoms with Gasteiger partial charge in [-0.1, -0.05) is 49.4 Å². The van der Waals surface area contributed by atoms with Crippen LogP contribution in [0.2, 0.25) is 0 Å². The van der Waals surface area contributed by atoms with Gasteiger partial charge in [-0.3, -0.25) is 4.99 Å². The van der Waals surface area contributed by atoms with Crippen LogP contribution in [0.25, 0.3) is 0 Å². The van der Waals surface area contributed by atoms with Crippen LogP contribution in [0.4, 0.5) is 0 Å². The van der Waals surface area contributed by atoms with Gasteiger partial charge >= 0.3 is 0 Å². The van der Waals surface area contributed by atoms with Gasteiger partial charge in [0.1, 0.15) is 0 Å². The molecule has 1 unspecified atom stereocenters. The van der Waals surface area contributed by atoms with Crippen LogP contribution in [0.3, 0.4) is 0 Å². The average Bonchev–Trinajstić information content (AvgIpc) is 2.66. The second-order valence-corrected chi connectivity index (χ2v) is 8.23. The molecule has 0 fully saturated rings. The van der Waals surface area contributed by atoms with Gasteiger partial charge in [-0.15, -0.1) is 24.0 Å². The maximum absolute atomic E-state index is 12.6. The summed E-state index contributed by atoms with van der Waals surface area (Å²) in [5.74, 6) is 0.627. The third-order valence-electron chi connectivity index (χ3n) is 4.29. The number of sulfone groups is 1. The van der Waals surface area contributed by atoms with E-state index in [1.54, 1.807) is 31.3 Å². The van der Waals surface area contributed by atoms with Crippen molar-refractivity contribution in [3.8, 4) is 0 Å². The van der Waals surface area contributed by atoms with E-state index in [1.807, 2.05) is 25.1 Å². The largest absolute Gasteiger partial charge is 0.353 e. The van der Waals surface area contributed by atoms with E-state index in [9.17, 15) is 8.42 Å². The molecule has 0 amide bonds. The van der Waals surface area contributed by atoms with Crippen LogP contribution in [0, 0.1) is 6.92 Å². The molecule has 27 heavy (non-hydrogen) atoms. The zero-order valence-electron chi connectivity index (χ0n) is 16.0. The van der Waals surface area contributed by atoms with Crippen LogP contribution in [0.15, 0.2) is 64.5 Å². The zero-order chi connectivity index (χ0) is 19.0. The fourth-order valence-electron chi connectivity index (χ4n) is 2.63. The van der Waals surface area contributed by atoms with Gasteiger partial charge in [0.15, 0.2) is 15.8 Å². The Bertz CT molecular complexity index is 839. The average molecular weight is 501 g/mol. The Morgan fingerprint density at radius 3 is 2.30 bits per heavy atom. The molecule has 0 bridgehead atoms. The second-order valence-electron chi connectivity index (χ2n) is 6.20. The monoisotopic (exact) mass is 501 g/mol. The molecule has 1 atom stereocenters. The van der Waals surface area contributed by atoms with Gasteiger partial charge < -0.3 is 10.6 Å². The maximum atomic E-state index is 12.6. The minimum absolute atomic E-state index is 0. The van der Waals surface area contributed by atoms with Gasteiger partial charge in [0, 0.05) is 19.6 Å². The molecule has 0 aliphatic rings. The molecule has 7 heteroatoms. The summed E-state index contributed by atoms with van der Waals surface area (Å²) in [5, 5.41) is 6.49. The molecule has 0 saturated carbocycles. The predicted octanol–water partition coefficient (Wildman–Crippen LogP) is 3.53. The summed E-state index contributed by atoms with van der Waals surface area (Å²) in [5.41, 5.74) is 2.38. The third kappa shape index (κ3) is 7.14. The first-order valence-corrected chi connectivity index (χ1v) is 10.4. The molecular formula is C20H28IN3O2S. The first kappa shape index (κ1) is 23.4. The van der Waals surface area contributed by atoms with Gasteiger partial charge in [0.25, 0.3) is 0 Å².